The molecule has 1 fully saturated rings. The van der Waals surface area contributed by atoms with Crippen molar-refractivity contribution in [2.24, 2.45) is 5.92 Å². The first-order valence-electron chi connectivity index (χ1n) is 8.72. The highest BCUT2D eigenvalue weighted by Gasteiger charge is 2.28. The molecule has 1 unspecified atom stereocenters. The van der Waals surface area contributed by atoms with Gasteiger partial charge in [0, 0.05) is 18.2 Å². The Morgan fingerprint density at radius 3 is 2.46 bits per heavy atom. The molecule has 1 aromatic carbocycles. The molecule has 1 atom stereocenters. The van der Waals surface area contributed by atoms with Gasteiger partial charge in [0.2, 0.25) is 5.91 Å². The molecule has 1 aliphatic rings. The van der Waals surface area contributed by atoms with E-state index in [4.69, 9.17) is 4.74 Å². The van der Waals surface area contributed by atoms with Crippen molar-refractivity contribution < 1.29 is 14.3 Å². The fraction of sp³-hybridized carbons (Fsp3) is 0.579. The topological polar surface area (TPSA) is 58.6 Å². The molecule has 2 rings (SSSR count). The number of ether oxygens (including phenoxy) is 1. The molecule has 1 heterocycles. The molecule has 132 valence electrons. The Kier molecular flexibility index (Phi) is 6.37. The Morgan fingerprint density at radius 2 is 1.88 bits per heavy atom. The average Bonchev–Trinajstić information content (AvgIpc) is 2.54. The number of carbonyl (C=O) groups excluding carboxylic acids is 2. The maximum atomic E-state index is 12.2. The van der Waals surface area contributed by atoms with E-state index in [-0.39, 0.29) is 30.4 Å². The van der Waals surface area contributed by atoms with E-state index in [1.807, 2.05) is 39.8 Å². The number of hydrogen-bond acceptors (Lipinski definition) is 3. The molecule has 5 heteroatoms. The molecule has 0 aliphatic carbocycles. The van der Waals surface area contributed by atoms with Gasteiger partial charge in [0.25, 0.3) is 5.91 Å². The fourth-order valence-electron chi connectivity index (χ4n) is 3.12. The summed E-state index contributed by atoms with van der Waals surface area (Å²) >= 11 is 0. The van der Waals surface area contributed by atoms with Crippen LogP contribution in [-0.2, 0) is 14.3 Å². The first-order valence-corrected chi connectivity index (χ1v) is 8.72. The zero-order valence-electron chi connectivity index (χ0n) is 15.1. The number of amides is 2. The van der Waals surface area contributed by atoms with E-state index in [0.29, 0.717) is 13.1 Å². The number of aryl methyl sites for hydroxylation is 2. The lowest BCUT2D eigenvalue weighted by molar-refractivity contribution is -0.130. The molecule has 0 spiro atoms. The number of nitrogens with zero attached hydrogens (tertiary/aromatic N) is 1. The number of anilines is 1. The molecule has 5 nitrogen and oxygen atoms in total. The van der Waals surface area contributed by atoms with Gasteiger partial charge in [-0.05, 0) is 49.9 Å². The van der Waals surface area contributed by atoms with Crippen molar-refractivity contribution in [1.82, 2.24) is 5.32 Å². The van der Waals surface area contributed by atoms with Gasteiger partial charge >= 0.3 is 0 Å². The van der Waals surface area contributed by atoms with Gasteiger partial charge in [-0.1, -0.05) is 19.9 Å². The zero-order chi connectivity index (χ0) is 17.7. The van der Waals surface area contributed by atoms with Crippen LogP contribution in [-0.4, -0.2) is 37.6 Å². The number of benzene rings is 1. The number of carbonyl (C=O) groups is 2. The van der Waals surface area contributed by atoms with Gasteiger partial charge in [0.1, 0.15) is 6.61 Å². The van der Waals surface area contributed by atoms with E-state index in [1.165, 1.54) is 0 Å². The maximum Gasteiger partial charge on any atom is 0.253 e. The second-order valence-corrected chi connectivity index (χ2v) is 6.54. The van der Waals surface area contributed by atoms with E-state index < -0.39 is 0 Å². The smallest absolute Gasteiger partial charge is 0.253 e. The van der Waals surface area contributed by atoms with Crippen LogP contribution in [0, 0.1) is 19.8 Å². The van der Waals surface area contributed by atoms with E-state index in [2.05, 4.69) is 11.4 Å². The summed E-state index contributed by atoms with van der Waals surface area (Å²) in [4.78, 5) is 26.1. The first kappa shape index (κ1) is 18.5. The predicted octanol–water partition coefficient (Wildman–Crippen LogP) is 2.59. The second-order valence-electron chi connectivity index (χ2n) is 6.54. The average molecular weight is 332 g/mol. The Morgan fingerprint density at radius 1 is 1.25 bits per heavy atom. The molecule has 0 saturated carbocycles. The molecule has 1 saturated heterocycles. The van der Waals surface area contributed by atoms with Gasteiger partial charge in [-0.3, -0.25) is 9.59 Å². The number of nitrogens with one attached hydrogen (secondary N) is 1. The van der Waals surface area contributed by atoms with Crippen LogP contribution >= 0.6 is 0 Å². The van der Waals surface area contributed by atoms with Crippen LogP contribution in [0.15, 0.2) is 18.2 Å². The van der Waals surface area contributed by atoms with Gasteiger partial charge in [0.05, 0.1) is 12.6 Å². The molecule has 2 amide bonds. The second kappa shape index (κ2) is 8.29. The molecule has 1 N–H and O–H groups in total. The van der Waals surface area contributed by atoms with Crippen molar-refractivity contribution in [2.75, 3.05) is 24.6 Å². The van der Waals surface area contributed by atoms with Crippen molar-refractivity contribution in [3.63, 3.8) is 0 Å². The van der Waals surface area contributed by atoms with Crippen LogP contribution in [0.1, 0.15) is 37.8 Å². The van der Waals surface area contributed by atoms with Crippen molar-refractivity contribution in [2.45, 2.75) is 46.6 Å². The van der Waals surface area contributed by atoms with Gasteiger partial charge in [-0.15, -0.1) is 0 Å². The van der Waals surface area contributed by atoms with Crippen LogP contribution in [0.25, 0.3) is 0 Å². The molecular weight excluding hydrogens is 304 g/mol. The molecule has 0 aromatic heterocycles. The zero-order valence-corrected chi connectivity index (χ0v) is 15.1. The predicted molar refractivity (Wildman–Crippen MR) is 95.1 cm³/mol. The Labute approximate surface area is 144 Å². The number of hydrogen-bond donors (Lipinski definition) is 1. The summed E-state index contributed by atoms with van der Waals surface area (Å²) in [5.41, 5.74) is 3.16. The molecular formula is C19H28N2O3. The van der Waals surface area contributed by atoms with Crippen LogP contribution in [0.3, 0.4) is 0 Å². The summed E-state index contributed by atoms with van der Waals surface area (Å²) < 4.78 is 5.59. The third-order valence-electron chi connectivity index (χ3n) is 4.51. The molecule has 0 radical (unpaired) electrons. The highest BCUT2D eigenvalue weighted by atomic mass is 16.5. The third-order valence-corrected chi connectivity index (χ3v) is 4.51. The minimum atomic E-state index is -0.179. The monoisotopic (exact) mass is 332 g/mol. The van der Waals surface area contributed by atoms with Crippen LogP contribution < -0.4 is 10.2 Å². The highest BCUT2D eigenvalue weighted by Crippen LogP contribution is 2.22. The summed E-state index contributed by atoms with van der Waals surface area (Å²) in [6, 6.07) is 6.11. The quantitative estimate of drug-likeness (QED) is 0.871. The van der Waals surface area contributed by atoms with Crippen LogP contribution in [0.4, 0.5) is 5.69 Å². The lowest BCUT2D eigenvalue weighted by Crippen LogP contribution is -2.51. The van der Waals surface area contributed by atoms with Gasteiger partial charge in [-0.2, -0.15) is 0 Å². The van der Waals surface area contributed by atoms with Crippen LogP contribution in [0.5, 0.6) is 0 Å². The molecule has 1 aromatic rings. The number of morpholine rings is 1. The van der Waals surface area contributed by atoms with Crippen molar-refractivity contribution in [1.29, 1.82) is 0 Å². The van der Waals surface area contributed by atoms with Crippen LogP contribution in [0.2, 0.25) is 0 Å². The highest BCUT2D eigenvalue weighted by molar-refractivity contribution is 5.95. The summed E-state index contributed by atoms with van der Waals surface area (Å²) in [5, 5.41) is 2.96. The molecule has 1 aliphatic heterocycles. The van der Waals surface area contributed by atoms with Gasteiger partial charge in [0.15, 0.2) is 0 Å². The van der Waals surface area contributed by atoms with E-state index in [9.17, 15) is 9.59 Å². The lowest BCUT2D eigenvalue weighted by Gasteiger charge is -2.33. The van der Waals surface area contributed by atoms with Crippen molar-refractivity contribution in [3.8, 4) is 0 Å². The summed E-state index contributed by atoms with van der Waals surface area (Å²) in [5.74, 6) is 0.0757. The Hall–Kier alpha value is -1.88. The minimum absolute atomic E-state index is 0.0393. The Bertz CT molecular complexity index is 576. The largest absolute Gasteiger partial charge is 0.365 e. The van der Waals surface area contributed by atoms with Crippen molar-refractivity contribution in [3.05, 3.63) is 29.3 Å². The fourth-order valence-corrected chi connectivity index (χ4v) is 3.12. The van der Waals surface area contributed by atoms with E-state index >= 15 is 0 Å². The van der Waals surface area contributed by atoms with E-state index in [1.54, 1.807) is 4.90 Å². The lowest BCUT2D eigenvalue weighted by atomic mass is 10.0. The minimum Gasteiger partial charge on any atom is -0.365 e. The summed E-state index contributed by atoms with van der Waals surface area (Å²) in [6.07, 6.45) is 1.49. The normalized spacial score (nSPS) is 18.1. The summed E-state index contributed by atoms with van der Waals surface area (Å²) in [7, 11) is 0. The van der Waals surface area contributed by atoms with Gasteiger partial charge in [-0.25, -0.2) is 0 Å². The standard InChI is InChI=1S/C19H28N2O3/c1-5-15(6-2)19(23)20-10-17-11-21(18(22)12-24-17)16-8-13(3)7-14(4)9-16/h7-9,15,17H,5-6,10-12H2,1-4H3,(H,20,23). The van der Waals surface area contributed by atoms with E-state index in [0.717, 1.165) is 29.7 Å². The Balaban J connectivity index is 2.00. The number of rotatable bonds is 6. The summed E-state index contributed by atoms with van der Waals surface area (Å²) in [6.45, 7) is 9.04. The first-order chi connectivity index (χ1) is 11.4. The molecule has 24 heavy (non-hydrogen) atoms. The SMILES string of the molecule is CCC(CC)C(=O)NCC1CN(c2cc(C)cc(C)c2)C(=O)CO1. The van der Waals surface area contributed by atoms with Gasteiger partial charge < -0.3 is 15.0 Å². The maximum absolute atomic E-state index is 12.2. The third kappa shape index (κ3) is 4.57. The van der Waals surface area contributed by atoms with Crippen molar-refractivity contribution >= 4 is 17.5 Å². The molecule has 0 bridgehead atoms.